The van der Waals surface area contributed by atoms with E-state index in [2.05, 4.69) is 20.1 Å². The first-order valence-corrected chi connectivity index (χ1v) is 7.62. The maximum Gasteiger partial charge on any atom is 0.264 e. The molecule has 0 spiro atoms. The zero-order valence-electron chi connectivity index (χ0n) is 11.5. The van der Waals surface area contributed by atoms with Gasteiger partial charge in [0.15, 0.2) is 0 Å². The zero-order chi connectivity index (χ0) is 14.8. The Hall–Kier alpha value is -2.09. The summed E-state index contributed by atoms with van der Waals surface area (Å²) in [5, 5.41) is 6.92. The van der Waals surface area contributed by atoms with Gasteiger partial charge in [0, 0.05) is 25.4 Å². The van der Waals surface area contributed by atoms with Crippen LogP contribution in [0.3, 0.4) is 0 Å². The van der Waals surface area contributed by atoms with E-state index in [1.54, 1.807) is 30.1 Å². The monoisotopic (exact) mass is 295 g/mol. The molecular formula is C12H17N5O2S. The Kier molecular flexibility index (Phi) is 3.93. The molecule has 108 valence electrons. The van der Waals surface area contributed by atoms with Gasteiger partial charge in [-0.2, -0.15) is 5.10 Å². The van der Waals surface area contributed by atoms with Gasteiger partial charge in [-0.15, -0.1) is 0 Å². The van der Waals surface area contributed by atoms with Gasteiger partial charge in [0.05, 0.1) is 6.20 Å². The average Bonchev–Trinajstić information content (AvgIpc) is 2.86. The largest absolute Gasteiger partial charge is 0.373 e. The minimum Gasteiger partial charge on any atom is -0.373 e. The molecule has 2 heterocycles. The molecule has 2 aromatic rings. The number of rotatable bonds is 5. The lowest BCUT2D eigenvalue weighted by atomic mass is 10.4. The molecule has 0 aromatic carbocycles. The molecule has 0 aliphatic carbocycles. The molecule has 0 aliphatic heterocycles. The molecule has 0 saturated carbocycles. The quantitative estimate of drug-likeness (QED) is 0.876. The summed E-state index contributed by atoms with van der Waals surface area (Å²) in [6.45, 7) is 3.85. The number of nitrogens with one attached hydrogen (secondary N) is 2. The van der Waals surface area contributed by atoms with Crippen LogP contribution in [0.15, 0.2) is 35.5 Å². The van der Waals surface area contributed by atoms with E-state index in [9.17, 15) is 8.42 Å². The van der Waals surface area contributed by atoms with Crippen molar-refractivity contribution < 1.29 is 8.42 Å². The normalized spacial score (nSPS) is 11.6. The van der Waals surface area contributed by atoms with Crippen LogP contribution in [0.1, 0.15) is 19.9 Å². The summed E-state index contributed by atoms with van der Waals surface area (Å²) in [7, 11) is -1.95. The molecule has 0 bridgehead atoms. The Morgan fingerprint density at radius 1 is 1.25 bits per heavy atom. The minimum atomic E-state index is -3.67. The van der Waals surface area contributed by atoms with Gasteiger partial charge in [-0.05, 0) is 26.0 Å². The van der Waals surface area contributed by atoms with E-state index in [1.807, 2.05) is 13.8 Å². The van der Waals surface area contributed by atoms with E-state index in [1.165, 1.54) is 12.3 Å². The van der Waals surface area contributed by atoms with E-state index < -0.39 is 10.0 Å². The first-order valence-electron chi connectivity index (χ1n) is 6.14. The number of aromatic nitrogens is 3. The summed E-state index contributed by atoms with van der Waals surface area (Å²) in [6.07, 6.45) is 2.87. The maximum atomic E-state index is 12.3. The van der Waals surface area contributed by atoms with Crippen LogP contribution in [0.2, 0.25) is 0 Å². The summed E-state index contributed by atoms with van der Waals surface area (Å²) in [4.78, 5) is 4.10. The highest BCUT2D eigenvalue weighted by atomic mass is 32.2. The Morgan fingerprint density at radius 3 is 2.55 bits per heavy atom. The SMILES string of the molecule is CNc1ccc(S(=O)(=O)Nc2ccnn2C(C)C)cn1. The molecule has 2 aromatic heterocycles. The molecule has 8 heteroatoms. The van der Waals surface area contributed by atoms with Crippen molar-refractivity contribution in [2.45, 2.75) is 24.8 Å². The van der Waals surface area contributed by atoms with Crippen LogP contribution in [-0.4, -0.2) is 30.2 Å². The van der Waals surface area contributed by atoms with Gasteiger partial charge in [0.25, 0.3) is 10.0 Å². The van der Waals surface area contributed by atoms with Crippen molar-refractivity contribution in [2.75, 3.05) is 17.1 Å². The fourth-order valence-electron chi connectivity index (χ4n) is 1.69. The lowest BCUT2D eigenvalue weighted by molar-refractivity contribution is 0.539. The number of hydrogen-bond donors (Lipinski definition) is 2. The van der Waals surface area contributed by atoms with Crippen molar-refractivity contribution in [2.24, 2.45) is 0 Å². The standard InChI is InChI=1S/C12H17N5O2S/c1-9(2)17-12(6-7-15-17)16-20(18,19)10-4-5-11(13-3)14-8-10/h4-9,16H,1-3H3,(H,13,14). The first-order chi connectivity index (χ1) is 9.44. The molecule has 0 aliphatic rings. The van der Waals surface area contributed by atoms with Crippen molar-refractivity contribution in [1.82, 2.24) is 14.8 Å². The third-order valence-electron chi connectivity index (χ3n) is 2.70. The van der Waals surface area contributed by atoms with Crippen LogP contribution in [0.4, 0.5) is 11.6 Å². The maximum absolute atomic E-state index is 12.3. The van der Waals surface area contributed by atoms with E-state index in [0.29, 0.717) is 11.6 Å². The summed E-state index contributed by atoms with van der Waals surface area (Å²) < 4.78 is 28.6. The van der Waals surface area contributed by atoms with Gasteiger partial charge in [0.1, 0.15) is 16.5 Å². The number of anilines is 2. The van der Waals surface area contributed by atoms with Gasteiger partial charge in [-0.1, -0.05) is 0 Å². The topological polar surface area (TPSA) is 88.9 Å². The second-order valence-electron chi connectivity index (χ2n) is 4.49. The fourth-order valence-corrected chi connectivity index (χ4v) is 2.68. The van der Waals surface area contributed by atoms with Crippen molar-refractivity contribution in [3.8, 4) is 0 Å². The molecule has 0 radical (unpaired) electrons. The first kappa shape index (κ1) is 14.3. The van der Waals surface area contributed by atoms with Crippen molar-refractivity contribution in [1.29, 1.82) is 0 Å². The fraction of sp³-hybridized carbons (Fsp3) is 0.333. The van der Waals surface area contributed by atoms with E-state index >= 15 is 0 Å². The van der Waals surface area contributed by atoms with Crippen molar-refractivity contribution >= 4 is 21.7 Å². The second-order valence-corrected chi connectivity index (χ2v) is 6.17. The number of hydrogen-bond acceptors (Lipinski definition) is 5. The van der Waals surface area contributed by atoms with Crippen LogP contribution < -0.4 is 10.0 Å². The van der Waals surface area contributed by atoms with E-state index in [4.69, 9.17) is 0 Å². The predicted molar refractivity (Wildman–Crippen MR) is 77.2 cm³/mol. The van der Waals surface area contributed by atoms with Crippen LogP contribution >= 0.6 is 0 Å². The number of nitrogens with zero attached hydrogens (tertiary/aromatic N) is 3. The lowest BCUT2D eigenvalue weighted by Crippen LogP contribution is -2.17. The molecular weight excluding hydrogens is 278 g/mol. The lowest BCUT2D eigenvalue weighted by Gasteiger charge is -2.13. The molecule has 0 saturated heterocycles. The highest BCUT2D eigenvalue weighted by molar-refractivity contribution is 7.92. The van der Waals surface area contributed by atoms with Gasteiger partial charge in [-0.3, -0.25) is 4.72 Å². The molecule has 0 amide bonds. The molecule has 0 unspecified atom stereocenters. The Bertz CT molecular complexity index is 676. The van der Waals surface area contributed by atoms with Gasteiger partial charge in [0.2, 0.25) is 0 Å². The highest BCUT2D eigenvalue weighted by Crippen LogP contribution is 2.18. The van der Waals surface area contributed by atoms with Crippen LogP contribution in [-0.2, 0) is 10.0 Å². The van der Waals surface area contributed by atoms with Gasteiger partial charge >= 0.3 is 0 Å². The molecule has 2 N–H and O–H groups in total. The summed E-state index contributed by atoms with van der Waals surface area (Å²) in [5.41, 5.74) is 0. The Labute approximate surface area is 118 Å². The molecule has 0 fully saturated rings. The zero-order valence-corrected chi connectivity index (χ0v) is 12.3. The van der Waals surface area contributed by atoms with Crippen molar-refractivity contribution in [3.05, 3.63) is 30.6 Å². The molecule has 0 atom stereocenters. The van der Waals surface area contributed by atoms with E-state index in [0.717, 1.165) is 0 Å². The van der Waals surface area contributed by atoms with Crippen molar-refractivity contribution in [3.63, 3.8) is 0 Å². The molecule has 20 heavy (non-hydrogen) atoms. The average molecular weight is 295 g/mol. The smallest absolute Gasteiger partial charge is 0.264 e. The van der Waals surface area contributed by atoms with Crippen LogP contribution in [0.5, 0.6) is 0 Å². The molecule has 7 nitrogen and oxygen atoms in total. The Morgan fingerprint density at radius 2 is 2.00 bits per heavy atom. The molecule has 2 rings (SSSR count). The summed E-state index contributed by atoms with van der Waals surface area (Å²) >= 11 is 0. The Balaban J connectivity index is 2.28. The third kappa shape index (κ3) is 2.90. The predicted octanol–water partition coefficient (Wildman–Crippen LogP) is 1.70. The van der Waals surface area contributed by atoms with Crippen LogP contribution in [0, 0.1) is 0 Å². The number of sulfonamides is 1. The van der Waals surface area contributed by atoms with Crippen LogP contribution in [0.25, 0.3) is 0 Å². The second kappa shape index (κ2) is 5.49. The van der Waals surface area contributed by atoms with Gasteiger partial charge in [-0.25, -0.2) is 18.1 Å². The minimum absolute atomic E-state index is 0.0625. The summed E-state index contributed by atoms with van der Waals surface area (Å²) in [5.74, 6) is 1.04. The van der Waals surface area contributed by atoms with Gasteiger partial charge < -0.3 is 5.32 Å². The highest BCUT2D eigenvalue weighted by Gasteiger charge is 2.17. The summed E-state index contributed by atoms with van der Waals surface area (Å²) in [6, 6.07) is 4.78. The van der Waals surface area contributed by atoms with E-state index in [-0.39, 0.29) is 10.9 Å². The third-order valence-corrected chi connectivity index (χ3v) is 4.04. The number of pyridine rings is 1.